The first-order valence-corrected chi connectivity index (χ1v) is 3.96. The van der Waals surface area contributed by atoms with E-state index in [0.29, 0.717) is 6.42 Å². The van der Waals surface area contributed by atoms with Crippen LogP contribution < -0.4 is 10.1 Å². The Hall–Kier alpha value is -2.03. The predicted octanol–water partition coefficient (Wildman–Crippen LogP) is 0.165. The van der Waals surface area contributed by atoms with Crippen molar-refractivity contribution in [2.24, 2.45) is 0 Å². The van der Waals surface area contributed by atoms with Crippen molar-refractivity contribution < 1.29 is 9.53 Å². The molecule has 6 nitrogen and oxygen atoms in total. The van der Waals surface area contributed by atoms with Gasteiger partial charge in [-0.1, -0.05) is 0 Å². The van der Waals surface area contributed by atoms with Crippen molar-refractivity contribution in [3.8, 4) is 18.4 Å². The molecule has 1 aromatic heterocycles. The highest BCUT2D eigenvalue weighted by molar-refractivity contribution is 5.88. The zero-order valence-electron chi connectivity index (χ0n) is 7.70. The fourth-order valence-corrected chi connectivity index (χ4v) is 0.774. The maximum absolute atomic E-state index is 11.1. The highest BCUT2D eigenvalue weighted by Crippen LogP contribution is 2.04. The van der Waals surface area contributed by atoms with E-state index < -0.39 is 0 Å². The molecule has 14 heavy (non-hydrogen) atoms. The number of nitrogens with one attached hydrogen (secondary N) is 2. The number of carbonyl (C=O) groups excluding carboxylic acids is 1. The number of hydrogen-bond acceptors (Lipinski definition) is 4. The largest absolute Gasteiger partial charge is 0.466 e. The minimum Gasteiger partial charge on any atom is -0.466 e. The van der Waals surface area contributed by atoms with Gasteiger partial charge in [0.15, 0.2) is 0 Å². The zero-order chi connectivity index (χ0) is 10.4. The third-order valence-electron chi connectivity index (χ3n) is 1.40. The monoisotopic (exact) mass is 194 g/mol. The minimum absolute atomic E-state index is 0.178. The summed E-state index contributed by atoms with van der Waals surface area (Å²) in [6, 6.07) is 0.178. The van der Waals surface area contributed by atoms with Crippen LogP contribution in [0.1, 0.15) is 12.8 Å². The Labute approximate surface area is 81.1 Å². The molecule has 1 amide bonds. The van der Waals surface area contributed by atoms with E-state index in [-0.39, 0.29) is 24.3 Å². The van der Waals surface area contributed by atoms with Gasteiger partial charge < -0.3 is 4.74 Å². The summed E-state index contributed by atoms with van der Waals surface area (Å²) in [5.41, 5.74) is 0. The molecule has 1 aromatic rings. The van der Waals surface area contributed by atoms with E-state index in [0.717, 1.165) is 0 Å². The Morgan fingerprint density at radius 3 is 3.14 bits per heavy atom. The molecule has 0 atom stereocenters. The van der Waals surface area contributed by atoms with Gasteiger partial charge in [-0.2, -0.15) is 4.98 Å². The highest BCUT2D eigenvalue weighted by Gasteiger charge is 2.05. The molecule has 0 saturated heterocycles. The van der Waals surface area contributed by atoms with Gasteiger partial charge in [0, 0.05) is 12.8 Å². The van der Waals surface area contributed by atoms with Crippen molar-refractivity contribution >= 4 is 11.9 Å². The summed E-state index contributed by atoms with van der Waals surface area (Å²) >= 11 is 0. The molecule has 0 radical (unpaired) electrons. The summed E-state index contributed by atoms with van der Waals surface area (Å²) in [7, 11) is 1.44. The highest BCUT2D eigenvalue weighted by atomic mass is 16.5. The van der Waals surface area contributed by atoms with Crippen LogP contribution in [0.15, 0.2) is 0 Å². The second-order valence-electron chi connectivity index (χ2n) is 2.42. The van der Waals surface area contributed by atoms with Crippen molar-refractivity contribution in [3.05, 3.63) is 0 Å². The van der Waals surface area contributed by atoms with E-state index >= 15 is 0 Å². The van der Waals surface area contributed by atoms with Gasteiger partial charge in [-0.25, -0.2) is 5.10 Å². The number of amides is 1. The standard InChI is InChI=1S/C8H10N4O2/c1-3-4-5-6(13)9-7-10-8(14-2)12-11-7/h1H,4-5H2,2H3,(H2,9,10,11,12,13). The lowest BCUT2D eigenvalue weighted by atomic mass is 10.3. The van der Waals surface area contributed by atoms with Crippen LogP contribution in [0.5, 0.6) is 6.01 Å². The fourth-order valence-electron chi connectivity index (χ4n) is 0.774. The molecule has 6 heteroatoms. The Morgan fingerprint density at radius 2 is 2.57 bits per heavy atom. The van der Waals surface area contributed by atoms with E-state index in [1.165, 1.54) is 7.11 Å². The first-order chi connectivity index (χ1) is 6.76. The van der Waals surface area contributed by atoms with Gasteiger partial charge >= 0.3 is 6.01 Å². The lowest BCUT2D eigenvalue weighted by molar-refractivity contribution is -0.116. The van der Waals surface area contributed by atoms with Crippen molar-refractivity contribution in [2.45, 2.75) is 12.8 Å². The molecule has 0 aliphatic rings. The number of aromatic nitrogens is 3. The van der Waals surface area contributed by atoms with E-state index in [1.807, 2.05) is 0 Å². The number of ether oxygens (including phenoxy) is 1. The third-order valence-corrected chi connectivity index (χ3v) is 1.40. The van der Waals surface area contributed by atoms with Gasteiger partial charge in [-0.3, -0.25) is 10.1 Å². The van der Waals surface area contributed by atoms with Gasteiger partial charge in [0.25, 0.3) is 0 Å². The molecule has 2 N–H and O–H groups in total. The molecule has 74 valence electrons. The fraction of sp³-hybridized carbons (Fsp3) is 0.375. The Kier molecular flexibility index (Phi) is 3.49. The maximum atomic E-state index is 11.1. The second kappa shape index (κ2) is 4.87. The Balaban J connectivity index is 2.44. The maximum Gasteiger partial charge on any atom is 0.336 e. The lowest BCUT2D eigenvalue weighted by Crippen LogP contribution is -2.11. The Morgan fingerprint density at radius 1 is 1.79 bits per heavy atom. The smallest absolute Gasteiger partial charge is 0.336 e. The van der Waals surface area contributed by atoms with E-state index in [9.17, 15) is 4.79 Å². The number of methoxy groups -OCH3 is 1. The summed E-state index contributed by atoms with van der Waals surface area (Å²) in [5, 5.41) is 8.64. The summed E-state index contributed by atoms with van der Waals surface area (Å²) in [5.74, 6) is 2.42. The minimum atomic E-state index is -0.207. The van der Waals surface area contributed by atoms with Crippen molar-refractivity contribution in [3.63, 3.8) is 0 Å². The molecule has 1 rings (SSSR count). The molecule has 0 saturated carbocycles. The zero-order valence-corrected chi connectivity index (χ0v) is 7.70. The summed E-state index contributed by atoms with van der Waals surface area (Å²) in [4.78, 5) is 14.9. The number of nitrogens with zero attached hydrogens (tertiary/aromatic N) is 2. The molecule has 0 unspecified atom stereocenters. The van der Waals surface area contributed by atoms with Crippen LogP contribution in [0.25, 0.3) is 0 Å². The third kappa shape index (κ3) is 2.79. The predicted molar refractivity (Wildman–Crippen MR) is 49.6 cm³/mol. The second-order valence-corrected chi connectivity index (χ2v) is 2.42. The van der Waals surface area contributed by atoms with Crippen LogP contribution >= 0.6 is 0 Å². The molecular weight excluding hydrogens is 184 g/mol. The van der Waals surface area contributed by atoms with Gasteiger partial charge in [0.2, 0.25) is 11.9 Å². The molecule has 0 aromatic carbocycles. The molecule has 0 spiro atoms. The van der Waals surface area contributed by atoms with Gasteiger partial charge in [0.05, 0.1) is 7.11 Å². The summed E-state index contributed by atoms with van der Waals surface area (Å²) in [6.07, 6.45) is 5.67. The normalized spacial score (nSPS) is 9.14. The van der Waals surface area contributed by atoms with E-state index in [1.54, 1.807) is 0 Å². The van der Waals surface area contributed by atoms with Crippen LogP contribution in [0, 0.1) is 12.3 Å². The van der Waals surface area contributed by atoms with Crippen LogP contribution in [-0.2, 0) is 4.79 Å². The van der Waals surface area contributed by atoms with Crippen LogP contribution in [0.3, 0.4) is 0 Å². The lowest BCUT2D eigenvalue weighted by Gasteiger charge is -1.96. The van der Waals surface area contributed by atoms with Crippen LogP contribution in [0.4, 0.5) is 5.95 Å². The molecule has 0 fully saturated rings. The average Bonchev–Trinajstić information content (AvgIpc) is 2.62. The van der Waals surface area contributed by atoms with Crippen molar-refractivity contribution in [1.29, 1.82) is 0 Å². The topological polar surface area (TPSA) is 79.9 Å². The summed E-state index contributed by atoms with van der Waals surface area (Å²) < 4.78 is 4.72. The molecular formula is C8H10N4O2. The van der Waals surface area contributed by atoms with Gasteiger partial charge in [-0.05, 0) is 0 Å². The first-order valence-electron chi connectivity index (χ1n) is 3.96. The number of carbonyl (C=O) groups is 1. The van der Waals surface area contributed by atoms with E-state index in [4.69, 9.17) is 11.2 Å². The number of aromatic amines is 1. The Bertz CT molecular complexity index is 352. The number of hydrogen-bond donors (Lipinski definition) is 2. The molecule has 0 bridgehead atoms. The molecule has 0 aliphatic heterocycles. The summed E-state index contributed by atoms with van der Waals surface area (Å²) in [6.45, 7) is 0. The first kappa shape index (κ1) is 10.1. The molecule has 1 heterocycles. The number of H-pyrrole nitrogens is 1. The number of anilines is 1. The van der Waals surface area contributed by atoms with Gasteiger partial charge in [-0.15, -0.1) is 17.4 Å². The van der Waals surface area contributed by atoms with Crippen molar-refractivity contribution in [2.75, 3.05) is 12.4 Å². The van der Waals surface area contributed by atoms with Crippen LogP contribution in [0.2, 0.25) is 0 Å². The SMILES string of the molecule is C#CCCC(=O)Nc1nc(OC)n[nH]1. The van der Waals surface area contributed by atoms with Crippen LogP contribution in [-0.4, -0.2) is 28.2 Å². The van der Waals surface area contributed by atoms with Crippen molar-refractivity contribution in [1.82, 2.24) is 15.2 Å². The van der Waals surface area contributed by atoms with Gasteiger partial charge in [0.1, 0.15) is 0 Å². The number of rotatable bonds is 4. The average molecular weight is 194 g/mol. The quantitative estimate of drug-likeness (QED) is 0.669. The molecule has 0 aliphatic carbocycles. The number of terminal acetylenes is 1. The van der Waals surface area contributed by atoms with E-state index in [2.05, 4.69) is 26.4 Å².